The van der Waals surface area contributed by atoms with E-state index in [1.807, 2.05) is 0 Å². The fourth-order valence-electron chi connectivity index (χ4n) is 3.12. The lowest BCUT2D eigenvalue weighted by Gasteiger charge is -2.29. The molecule has 0 spiro atoms. The Morgan fingerprint density at radius 3 is 2.94 bits per heavy atom. The second kappa shape index (κ2) is 6.53. The summed E-state index contributed by atoms with van der Waals surface area (Å²) in [5.41, 5.74) is 0. The van der Waals surface area contributed by atoms with Gasteiger partial charge in [0.15, 0.2) is 0 Å². The van der Waals surface area contributed by atoms with Gasteiger partial charge in [0.05, 0.1) is 6.04 Å². The molecule has 2 N–H and O–H groups in total. The molecule has 0 bridgehead atoms. The molecule has 2 aliphatic rings. The summed E-state index contributed by atoms with van der Waals surface area (Å²) in [4.78, 5) is 14.6. The molecule has 2 heterocycles. The van der Waals surface area contributed by atoms with Crippen LogP contribution in [0.25, 0.3) is 0 Å². The minimum absolute atomic E-state index is 0.0300. The molecule has 4 heteroatoms. The Bertz CT molecular complexity index is 282. The lowest BCUT2D eigenvalue weighted by Crippen LogP contribution is -2.51. The minimum atomic E-state index is 0.0300. The van der Waals surface area contributed by atoms with Crippen molar-refractivity contribution in [1.29, 1.82) is 0 Å². The number of carbonyl (C=O) groups excluding carboxylic acids is 1. The van der Waals surface area contributed by atoms with E-state index in [1.165, 1.54) is 19.4 Å². The van der Waals surface area contributed by atoms with Crippen molar-refractivity contribution in [3.05, 3.63) is 0 Å². The average molecular weight is 253 g/mol. The van der Waals surface area contributed by atoms with E-state index in [9.17, 15) is 4.79 Å². The van der Waals surface area contributed by atoms with Gasteiger partial charge in [-0.1, -0.05) is 13.8 Å². The summed E-state index contributed by atoms with van der Waals surface area (Å²) in [6, 6.07) is 0.0300. The van der Waals surface area contributed by atoms with Crippen molar-refractivity contribution in [2.45, 2.75) is 39.2 Å². The lowest BCUT2D eigenvalue weighted by atomic mass is 9.92. The van der Waals surface area contributed by atoms with E-state index in [1.54, 1.807) is 0 Å². The summed E-state index contributed by atoms with van der Waals surface area (Å²) < 4.78 is 0. The maximum Gasteiger partial charge on any atom is 0.237 e. The molecular formula is C14H27N3O. The molecule has 1 amide bonds. The van der Waals surface area contributed by atoms with Gasteiger partial charge in [0.25, 0.3) is 0 Å². The lowest BCUT2D eigenvalue weighted by molar-refractivity contribution is -0.125. The highest BCUT2D eigenvalue weighted by atomic mass is 16.2. The fraction of sp³-hybridized carbons (Fsp3) is 0.929. The quantitative estimate of drug-likeness (QED) is 0.780. The molecule has 3 atom stereocenters. The van der Waals surface area contributed by atoms with Crippen molar-refractivity contribution in [2.24, 2.45) is 11.8 Å². The highest BCUT2D eigenvalue weighted by Gasteiger charge is 2.28. The maximum atomic E-state index is 12.1. The van der Waals surface area contributed by atoms with E-state index < -0.39 is 0 Å². The Morgan fingerprint density at radius 1 is 1.44 bits per heavy atom. The monoisotopic (exact) mass is 253 g/mol. The van der Waals surface area contributed by atoms with Gasteiger partial charge in [-0.15, -0.1) is 0 Å². The van der Waals surface area contributed by atoms with E-state index >= 15 is 0 Å². The van der Waals surface area contributed by atoms with Crippen molar-refractivity contribution >= 4 is 5.91 Å². The summed E-state index contributed by atoms with van der Waals surface area (Å²) in [6.45, 7) is 9.67. The molecule has 18 heavy (non-hydrogen) atoms. The first-order valence-electron chi connectivity index (χ1n) is 7.44. The van der Waals surface area contributed by atoms with Crippen LogP contribution in [0.5, 0.6) is 0 Å². The van der Waals surface area contributed by atoms with E-state index in [0.717, 1.165) is 32.6 Å². The minimum Gasteiger partial charge on any atom is -0.354 e. The SMILES string of the molecule is CCN1CCC(CNC(=O)C2NCCCC2C)C1. The van der Waals surface area contributed by atoms with Crippen LogP contribution in [0.3, 0.4) is 0 Å². The van der Waals surface area contributed by atoms with Gasteiger partial charge in [0, 0.05) is 13.1 Å². The largest absolute Gasteiger partial charge is 0.354 e. The number of hydrogen-bond acceptors (Lipinski definition) is 3. The number of hydrogen-bond donors (Lipinski definition) is 2. The van der Waals surface area contributed by atoms with E-state index in [0.29, 0.717) is 11.8 Å². The third kappa shape index (κ3) is 3.45. The standard InChI is InChI=1S/C14H27N3O/c1-3-17-8-6-12(10-17)9-16-14(18)13-11(2)5-4-7-15-13/h11-13,15H,3-10H2,1-2H3,(H,16,18). The van der Waals surface area contributed by atoms with Gasteiger partial charge >= 0.3 is 0 Å². The van der Waals surface area contributed by atoms with Gasteiger partial charge in [-0.25, -0.2) is 0 Å². The number of rotatable bonds is 4. The van der Waals surface area contributed by atoms with Crippen LogP contribution in [0.15, 0.2) is 0 Å². The number of piperidine rings is 1. The second-order valence-corrected chi connectivity index (χ2v) is 5.84. The van der Waals surface area contributed by atoms with Gasteiger partial charge in [0.2, 0.25) is 5.91 Å². The van der Waals surface area contributed by atoms with Crippen molar-refractivity contribution in [1.82, 2.24) is 15.5 Å². The second-order valence-electron chi connectivity index (χ2n) is 5.84. The number of likely N-dealkylation sites (tertiary alicyclic amines) is 1. The highest BCUT2D eigenvalue weighted by molar-refractivity contribution is 5.82. The number of nitrogens with zero attached hydrogens (tertiary/aromatic N) is 1. The average Bonchev–Trinajstić information content (AvgIpc) is 2.84. The number of amides is 1. The molecule has 0 aromatic carbocycles. The molecule has 4 nitrogen and oxygen atoms in total. The molecule has 0 saturated carbocycles. The smallest absolute Gasteiger partial charge is 0.237 e. The Balaban J connectivity index is 1.71. The third-order valence-corrected chi connectivity index (χ3v) is 4.43. The molecule has 0 aromatic rings. The first-order valence-corrected chi connectivity index (χ1v) is 7.44. The van der Waals surface area contributed by atoms with Gasteiger partial charge in [-0.3, -0.25) is 4.79 Å². The summed E-state index contributed by atoms with van der Waals surface area (Å²) in [5, 5.41) is 6.48. The third-order valence-electron chi connectivity index (χ3n) is 4.43. The van der Waals surface area contributed by atoms with E-state index in [-0.39, 0.29) is 11.9 Å². The van der Waals surface area contributed by atoms with E-state index in [2.05, 4.69) is 29.4 Å². The van der Waals surface area contributed by atoms with Crippen molar-refractivity contribution in [3.8, 4) is 0 Å². The molecule has 3 unspecified atom stereocenters. The predicted molar refractivity (Wildman–Crippen MR) is 73.4 cm³/mol. The molecule has 0 aliphatic carbocycles. The van der Waals surface area contributed by atoms with Gasteiger partial charge in [-0.2, -0.15) is 0 Å². The Hall–Kier alpha value is -0.610. The van der Waals surface area contributed by atoms with Gasteiger partial charge in [-0.05, 0) is 50.7 Å². The van der Waals surface area contributed by atoms with Crippen LogP contribution in [-0.2, 0) is 4.79 Å². The number of carbonyl (C=O) groups is 1. The highest BCUT2D eigenvalue weighted by Crippen LogP contribution is 2.17. The van der Waals surface area contributed by atoms with Crippen LogP contribution in [-0.4, -0.2) is 49.6 Å². The van der Waals surface area contributed by atoms with Crippen molar-refractivity contribution < 1.29 is 4.79 Å². The number of nitrogens with one attached hydrogen (secondary N) is 2. The summed E-state index contributed by atoms with van der Waals surface area (Å²) in [7, 11) is 0. The van der Waals surface area contributed by atoms with Gasteiger partial charge < -0.3 is 15.5 Å². The molecule has 2 aliphatic heterocycles. The van der Waals surface area contributed by atoms with Crippen LogP contribution in [0.1, 0.15) is 33.1 Å². The maximum absolute atomic E-state index is 12.1. The fourth-order valence-corrected chi connectivity index (χ4v) is 3.12. The topological polar surface area (TPSA) is 44.4 Å². The molecule has 0 aromatic heterocycles. The first-order chi connectivity index (χ1) is 8.70. The van der Waals surface area contributed by atoms with Crippen molar-refractivity contribution in [3.63, 3.8) is 0 Å². The molecule has 2 saturated heterocycles. The van der Waals surface area contributed by atoms with E-state index in [4.69, 9.17) is 0 Å². The van der Waals surface area contributed by atoms with Crippen LogP contribution < -0.4 is 10.6 Å². The molecule has 0 radical (unpaired) electrons. The van der Waals surface area contributed by atoms with Crippen molar-refractivity contribution in [2.75, 3.05) is 32.7 Å². The zero-order valence-electron chi connectivity index (χ0n) is 11.7. The summed E-state index contributed by atoms with van der Waals surface area (Å²) in [6.07, 6.45) is 3.58. The van der Waals surface area contributed by atoms with Crippen LogP contribution >= 0.6 is 0 Å². The zero-order valence-corrected chi connectivity index (χ0v) is 11.7. The van der Waals surface area contributed by atoms with Gasteiger partial charge in [0.1, 0.15) is 0 Å². The molecule has 2 rings (SSSR count). The Morgan fingerprint density at radius 2 is 2.28 bits per heavy atom. The molecule has 104 valence electrons. The first kappa shape index (κ1) is 13.8. The normalized spacial score (nSPS) is 33.6. The van der Waals surface area contributed by atoms with Crippen LogP contribution in [0.4, 0.5) is 0 Å². The Labute approximate surface area is 110 Å². The summed E-state index contributed by atoms with van der Waals surface area (Å²) in [5.74, 6) is 1.32. The molecular weight excluding hydrogens is 226 g/mol. The van der Waals surface area contributed by atoms with Crippen LogP contribution in [0, 0.1) is 11.8 Å². The Kier molecular flexibility index (Phi) is 5.01. The zero-order chi connectivity index (χ0) is 13.0. The van der Waals surface area contributed by atoms with Crippen LogP contribution in [0.2, 0.25) is 0 Å². The molecule has 2 fully saturated rings. The predicted octanol–water partition coefficient (Wildman–Crippen LogP) is 0.833. The summed E-state index contributed by atoms with van der Waals surface area (Å²) >= 11 is 0.